The summed E-state index contributed by atoms with van der Waals surface area (Å²) in [6.45, 7) is 3.80. The highest BCUT2D eigenvalue weighted by atomic mass is 35.5. The molecular formula is C31H51ClO3S. The summed E-state index contributed by atoms with van der Waals surface area (Å²) in [4.78, 5) is 1.14. The zero-order chi connectivity index (χ0) is 25.7. The Labute approximate surface area is 230 Å². The van der Waals surface area contributed by atoms with Gasteiger partial charge < -0.3 is 14.6 Å². The van der Waals surface area contributed by atoms with Gasteiger partial charge in [-0.2, -0.15) is 0 Å². The molecule has 1 saturated heterocycles. The van der Waals surface area contributed by atoms with Crippen LogP contribution in [0.4, 0.5) is 0 Å². The van der Waals surface area contributed by atoms with Crippen molar-refractivity contribution in [3.8, 4) is 0 Å². The van der Waals surface area contributed by atoms with Gasteiger partial charge in [0, 0.05) is 23.1 Å². The first-order valence-corrected chi connectivity index (χ1v) is 15.9. The lowest BCUT2D eigenvalue weighted by Crippen LogP contribution is -2.23. The van der Waals surface area contributed by atoms with E-state index in [-0.39, 0.29) is 17.6 Å². The Balaban J connectivity index is 1.65. The van der Waals surface area contributed by atoms with E-state index in [0.29, 0.717) is 6.61 Å². The second-order valence-electron chi connectivity index (χ2n) is 10.2. The van der Waals surface area contributed by atoms with Crippen molar-refractivity contribution in [1.82, 2.24) is 0 Å². The Morgan fingerprint density at radius 1 is 0.972 bits per heavy atom. The molecule has 1 unspecified atom stereocenters. The summed E-state index contributed by atoms with van der Waals surface area (Å²) in [5, 5.41) is 11.8. The summed E-state index contributed by atoms with van der Waals surface area (Å²) in [5.74, 6) is 0. The van der Waals surface area contributed by atoms with Crippen molar-refractivity contribution in [2.45, 2.75) is 139 Å². The number of benzene rings is 1. The lowest BCUT2D eigenvalue weighted by molar-refractivity contribution is -0.162. The molecule has 0 aromatic heterocycles. The van der Waals surface area contributed by atoms with Gasteiger partial charge in [0.05, 0.1) is 11.4 Å². The molecule has 3 atom stereocenters. The van der Waals surface area contributed by atoms with Crippen molar-refractivity contribution in [3.05, 3.63) is 41.4 Å². The van der Waals surface area contributed by atoms with Gasteiger partial charge in [0.2, 0.25) is 0 Å². The number of halogens is 1. The largest absolute Gasteiger partial charge is 0.392 e. The topological polar surface area (TPSA) is 38.7 Å². The quantitative estimate of drug-likeness (QED) is 0.0959. The fraction of sp³-hybridized carbons (Fsp3) is 0.742. The van der Waals surface area contributed by atoms with Crippen molar-refractivity contribution >= 4 is 23.4 Å². The predicted octanol–water partition coefficient (Wildman–Crippen LogP) is 9.74. The standard InChI is InChI=1S/C31H51ClO3S/c1-2-3-4-5-6-7-8-9-10-11-12-13-19-30(36-28-23-21-27(32)22-24-28)29(33)18-14-16-25-34-31-20-15-17-26-35-31/h13,19,21-24,29-31,33H,2-12,14-18,20,25-26H2,1H3/t29-,30+,31?/m0/s1. The van der Waals surface area contributed by atoms with E-state index in [4.69, 9.17) is 21.1 Å². The number of allylic oxidation sites excluding steroid dienone is 1. The molecule has 0 radical (unpaired) electrons. The Bertz CT molecular complexity index is 660. The summed E-state index contributed by atoms with van der Waals surface area (Å²) in [6, 6.07) is 7.93. The van der Waals surface area contributed by atoms with Crippen LogP contribution in [0, 0.1) is 0 Å². The van der Waals surface area contributed by atoms with Gasteiger partial charge in [-0.15, -0.1) is 11.8 Å². The number of aliphatic hydroxyl groups is 1. The van der Waals surface area contributed by atoms with Crippen LogP contribution in [-0.2, 0) is 9.47 Å². The van der Waals surface area contributed by atoms with Crippen LogP contribution >= 0.6 is 23.4 Å². The van der Waals surface area contributed by atoms with Gasteiger partial charge in [0.15, 0.2) is 6.29 Å². The van der Waals surface area contributed by atoms with Crippen molar-refractivity contribution in [3.63, 3.8) is 0 Å². The molecule has 0 saturated carbocycles. The van der Waals surface area contributed by atoms with E-state index in [9.17, 15) is 5.11 Å². The Morgan fingerprint density at radius 2 is 1.67 bits per heavy atom. The molecule has 1 heterocycles. The number of ether oxygens (including phenoxy) is 2. The molecule has 1 aromatic rings. The fourth-order valence-corrected chi connectivity index (χ4v) is 5.79. The van der Waals surface area contributed by atoms with E-state index in [1.807, 2.05) is 24.3 Å². The Kier molecular flexibility index (Phi) is 18.9. The van der Waals surface area contributed by atoms with Gasteiger partial charge in [0.1, 0.15) is 0 Å². The van der Waals surface area contributed by atoms with Crippen molar-refractivity contribution in [1.29, 1.82) is 0 Å². The smallest absolute Gasteiger partial charge is 0.157 e. The molecule has 2 rings (SSSR count). The number of rotatable bonds is 21. The van der Waals surface area contributed by atoms with Crippen LogP contribution in [-0.4, -0.2) is 36.0 Å². The van der Waals surface area contributed by atoms with Crippen molar-refractivity contribution in [2.75, 3.05) is 13.2 Å². The highest BCUT2D eigenvalue weighted by Gasteiger charge is 2.18. The first kappa shape index (κ1) is 31.7. The molecule has 36 heavy (non-hydrogen) atoms. The number of aliphatic hydroxyl groups excluding tert-OH is 1. The van der Waals surface area contributed by atoms with E-state index in [0.717, 1.165) is 55.0 Å². The van der Waals surface area contributed by atoms with E-state index in [1.54, 1.807) is 11.8 Å². The summed E-state index contributed by atoms with van der Waals surface area (Å²) in [6.07, 6.45) is 24.8. The summed E-state index contributed by atoms with van der Waals surface area (Å²) >= 11 is 7.79. The van der Waals surface area contributed by atoms with Gasteiger partial charge >= 0.3 is 0 Å². The first-order chi connectivity index (χ1) is 17.7. The van der Waals surface area contributed by atoms with Gasteiger partial charge in [0.25, 0.3) is 0 Å². The molecular weight excluding hydrogens is 488 g/mol. The van der Waals surface area contributed by atoms with Crippen LogP contribution in [0.3, 0.4) is 0 Å². The van der Waals surface area contributed by atoms with Crippen molar-refractivity contribution < 1.29 is 14.6 Å². The monoisotopic (exact) mass is 538 g/mol. The molecule has 0 spiro atoms. The summed E-state index contributed by atoms with van der Waals surface area (Å²) < 4.78 is 11.5. The van der Waals surface area contributed by atoms with Gasteiger partial charge in [-0.25, -0.2) is 0 Å². The molecule has 0 bridgehead atoms. The zero-order valence-electron chi connectivity index (χ0n) is 22.7. The van der Waals surface area contributed by atoms with Gasteiger partial charge in [-0.1, -0.05) is 88.5 Å². The molecule has 1 aliphatic rings. The maximum absolute atomic E-state index is 11.0. The van der Waals surface area contributed by atoms with Crippen LogP contribution in [0.5, 0.6) is 0 Å². The molecule has 1 fully saturated rings. The average Bonchev–Trinajstić information content (AvgIpc) is 2.90. The fourth-order valence-electron chi connectivity index (χ4n) is 4.57. The van der Waals surface area contributed by atoms with Crippen LogP contribution in [0.1, 0.15) is 116 Å². The maximum Gasteiger partial charge on any atom is 0.157 e. The van der Waals surface area contributed by atoms with Gasteiger partial charge in [-0.05, 0) is 75.6 Å². The summed E-state index contributed by atoms with van der Waals surface area (Å²) in [7, 11) is 0. The molecule has 1 N–H and O–H groups in total. The van der Waals surface area contributed by atoms with E-state index in [1.165, 1.54) is 70.6 Å². The van der Waals surface area contributed by atoms with Crippen molar-refractivity contribution in [2.24, 2.45) is 0 Å². The average molecular weight is 539 g/mol. The van der Waals surface area contributed by atoms with Crippen LogP contribution in [0.2, 0.25) is 5.02 Å². The second kappa shape index (κ2) is 21.4. The van der Waals surface area contributed by atoms with Crippen LogP contribution in [0.15, 0.2) is 41.3 Å². The normalized spacial score (nSPS) is 18.0. The molecule has 1 aliphatic heterocycles. The minimum Gasteiger partial charge on any atom is -0.392 e. The van der Waals surface area contributed by atoms with Gasteiger partial charge in [-0.3, -0.25) is 0 Å². The van der Waals surface area contributed by atoms with E-state index < -0.39 is 0 Å². The molecule has 1 aromatic carbocycles. The third-order valence-electron chi connectivity index (χ3n) is 6.85. The Hall–Kier alpha value is -0.520. The van der Waals surface area contributed by atoms with E-state index >= 15 is 0 Å². The number of thioether (sulfide) groups is 1. The Morgan fingerprint density at radius 3 is 2.33 bits per heavy atom. The third kappa shape index (κ3) is 15.7. The third-order valence-corrected chi connectivity index (χ3v) is 8.39. The SMILES string of the molecule is CCCCCCCCCCCCC=C[C@@H](Sc1ccc(Cl)cc1)[C@@H](O)CCCCOC1CCCCO1. The first-order valence-electron chi connectivity index (χ1n) is 14.7. The highest BCUT2D eigenvalue weighted by molar-refractivity contribution is 8.00. The second-order valence-corrected chi connectivity index (χ2v) is 11.9. The summed E-state index contributed by atoms with van der Waals surface area (Å²) in [5.41, 5.74) is 0. The lowest BCUT2D eigenvalue weighted by Gasteiger charge is -2.23. The van der Waals surface area contributed by atoms with Crippen LogP contribution < -0.4 is 0 Å². The molecule has 0 aliphatic carbocycles. The number of hydrogen-bond acceptors (Lipinski definition) is 4. The molecule has 0 amide bonds. The van der Waals surface area contributed by atoms with Crippen LogP contribution in [0.25, 0.3) is 0 Å². The molecule has 206 valence electrons. The molecule has 5 heteroatoms. The zero-order valence-corrected chi connectivity index (χ0v) is 24.3. The minimum absolute atomic E-state index is 0.0226. The molecule has 3 nitrogen and oxygen atoms in total. The number of unbranched alkanes of at least 4 members (excludes halogenated alkanes) is 11. The highest BCUT2D eigenvalue weighted by Crippen LogP contribution is 2.29. The number of hydrogen-bond donors (Lipinski definition) is 1. The maximum atomic E-state index is 11.0. The minimum atomic E-state index is -0.374. The predicted molar refractivity (Wildman–Crippen MR) is 156 cm³/mol. The van der Waals surface area contributed by atoms with E-state index in [2.05, 4.69) is 19.1 Å². The lowest BCUT2D eigenvalue weighted by atomic mass is 10.1.